The van der Waals surface area contributed by atoms with Crippen LogP contribution in [0.5, 0.6) is 0 Å². The number of aliphatic hydroxyl groups excluding tert-OH is 1. The first-order valence-electron chi connectivity index (χ1n) is 4.74. The van der Waals surface area contributed by atoms with Gasteiger partial charge in [0.05, 0.1) is 12.5 Å². The van der Waals surface area contributed by atoms with E-state index in [2.05, 4.69) is 4.74 Å². The van der Waals surface area contributed by atoms with Crippen LogP contribution in [0, 0.1) is 10.8 Å². The molecule has 0 aromatic rings. The van der Waals surface area contributed by atoms with E-state index in [0.29, 0.717) is 0 Å². The van der Waals surface area contributed by atoms with Crippen molar-refractivity contribution in [2.75, 3.05) is 13.7 Å². The molecule has 14 heavy (non-hydrogen) atoms. The topological polar surface area (TPSA) is 46.5 Å². The van der Waals surface area contributed by atoms with Gasteiger partial charge in [0.15, 0.2) is 0 Å². The number of hydrogen-bond acceptors (Lipinski definition) is 3. The van der Waals surface area contributed by atoms with Crippen molar-refractivity contribution in [3.05, 3.63) is 0 Å². The Morgan fingerprint density at radius 2 is 1.43 bits per heavy atom. The Morgan fingerprint density at radius 3 is 1.43 bits per heavy atom. The molecule has 0 heterocycles. The Labute approximate surface area is 87.5 Å². The molecule has 0 atom stereocenters. The fourth-order valence-electron chi connectivity index (χ4n) is 0.306. The Bertz CT molecular complexity index is 160. The number of methoxy groups -OCH3 is 1. The summed E-state index contributed by atoms with van der Waals surface area (Å²) in [6.07, 6.45) is 0. The zero-order valence-electron chi connectivity index (χ0n) is 10.5. The molecule has 86 valence electrons. The molecule has 0 rings (SSSR count). The first kappa shape index (κ1) is 15.9. The summed E-state index contributed by atoms with van der Waals surface area (Å²) in [7, 11) is 1.40. The quantitative estimate of drug-likeness (QED) is 0.615. The van der Waals surface area contributed by atoms with Crippen molar-refractivity contribution in [1.29, 1.82) is 0 Å². The zero-order valence-corrected chi connectivity index (χ0v) is 10.5. The summed E-state index contributed by atoms with van der Waals surface area (Å²) in [4.78, 5) is 10.6. The minimum atomic E-state index is -0.352. The molecule has 0 saturated carbocycles. The van der Waals surface area contributed by atoms with Crippen LogP contribution in [0.15, 0.2) is 0 Å². The largest absolute Gasteiger partial charge is 0.469 e. The number of carbonyl (C=O) groups is 1. The molecule has 0 unspecified atom stereocenters. The highest BCUT2D eigenvalue weighted by Gasteiger charge is 2.21. The van der Waals surface area contributed by atoms with E-state index in [1.807, 2.05) is 41.5 Å². The van der Waals surface area contributed by atoms with Crippen molar-refractivity contribution >= 4 is 5.97 Å². The van der Waals surface area contributed by atoms with Crippen LogP contribution in [0.4, 0.5) is 0 Å². The summed E-state index contributed by atoms with van der Waals surface area (Å²) in [5.74, 6) is -0.169. The average Bonchev–Trinajstić information content (AvgIpc) is 2.01. The third-order valence-electron chi connectivity index (χ3n) is 1.27. The minimum Gasteiger partial charge on any atom is -0.469 e. The molecule has 0 aromatic heterocycles. The standard InChI is InChI=1S/C6H12O2.C5H12O/c1-6(2,3)5(7)8-4;1-5(2,3)4-6/h1-4H3;6H,4H2,1-3H3. The van der Waals surface area contributed by atoms with Crippen LogP contribution >= 0.6 is 0 Å². The second-order valence-corrected chi connectivity index (χ2v) is 5.46. The van der Waals surface area contributed by atoms with Crippen LogP contribution < -0.4 is 0 Å². The molecule has 0 aliphatic heterocycles. The second kappa shape index (κ2) is 6.02. The lowest BCUT2D eigenvalue weighted by Gasteiger charge is -2.13. The smallest absolute Gasteiger partial charge is 0.310 e. The molecule has 0 bridgehead atoms. The fraction of sp³-hybridized carbons (Fsp3) is 0.909. The van der Waals surface area contributed by atoms with Gasteiger partial charge in [-0.05, 0) is 26.2 Å². The van der Waals surface area contributed by atoms with E-state index in [4.69, 9.17) is 5.11 Å². The SMILES string of the molecule is CC(C)(C)CO.COC(=O)C(C)(C)C. The summed E-state index contributed by atoms with van der Waals surface area (Å²) in [5, 5.41) is 8.40. The first-order chi connectivity index (χ1) is 6.04. The molecule has 3 heteroatoms. The van der Waals surface area contributed by atoms with E-state index in [-0.39, 0.29) is 23.4 Å². The number of rotatable bonds is 0. The molecule has 0 fully saturated rings. The molecular formula is C11H24O3. The van der Waals surface area contributed by atoms with E-state index >= 15 is 0 Å². The van der Waals surface area contributed by atoms with Gasteiger partial charge in [0.2, 0.25) is 0 Å². The van der Waals surface area contributed by atoms with Gasteiger partial charge >= 0.3 is 5.97 Å². The van der Waals surface area contributed by atoms with Gasteiger partial charge in [-0.15, -0.1) is 0 Å². The van der Waals surface area contributed by atoms with Gasteiger partial charge < -0.3 is 9.84 Å². The number of carbonyl (C=O) groups excluding carboxylic acids is 1. The maximum Gasteiger partial charge on any atom is 0.310 e. The Morgan fingerprint density at radius 1 is 1.14 bits per heavy atom. The molecule has 0 amide bonds. The van der Waals surface area contributed by atoms with Crippen molar-refractivity contribution in [1.82, 2.24) is 0 Å². The summed E-state index contributed by atoms with van der Waals surface area (Å²) < 4.78 is 4.48. The van der Waals surface area contributed by atoms with Crippen molar-refractivity contribution in [3.63, 3.8) is 0 Å². The number of hydrogen-bond donors (Lipinski definition) is 1. The van der Waals surface area contributed by atoms with Gasteiger partial charge in [0, 0.05) is 6.61 Å². The summed E-state index contributed by atoms with van der Waals surface area (Å²) in [6.45, 7) is 11.7. The normalized spacial score (nSPS) is 11.4. The van der Waals surface area contributed by atoms with Crippen molar-refractivity contribution < 1.29 is 14.6 Å². The predicted molar refractivity (Wildman–Crippen MR) is 58.0 cm³/mol. The summed E-state index contributed by atoms with van der Waals surface area (Å²) in [5.41, 5.74) is -0.255. The lowest BCUT2D eigenvalue weighted by atomic mass is 9.98. The lowest BCUT2D eigenvalue weighted by Crippen LogP contribution is -2.21. The van der Waals surface area contributed by atoms with Gasteiger partial charge in [-0.1, -0.05) is 20.8 Å². The van der Waals surface area contributed by atoms with Crippen LogP contribution in [0.1, 0.15) is 41.5 Å². The highest BCUT2D eigenvalue weighted by molar-refractivity contribution is 5.75. The molecule has 0 aromatic carbocycles. The molecule has 0 spiro atoms. The second-order valence-electron chi connectivity index (χ2n) is 5.46. The maximum absolute atomic E-state index is 10.6. The molecular weight excluding hydrogens is 180 g/mol. The van der Waals surface area contributed by atoms with E-state index in [9.17, 15) is 4.79 Å². The van der Waals surface area contributed by atoms with Crippen LogP contribution in [-0.2, 0) is 9.53 Å². The third-order valence-corrected chi connectivity index (χ3v) is 1.27. The molecule has 0 radical (unpaired) electrons. The predicted octanol–water partition coefficient (Wildman–Crippen LogP) is 2.23. The lowest BCUT2D eigenvalue weighted by molar-refractivity contribution is -0.149. The Balaban J connectivity index is 0. The van der Waals surface area contributed by atoms with Crippen LogP contribution in [0.25, 0.3) is 0 Å². The zero-order chi connectivity index (χ0) is 12.0. The Kier molecular flexibility index (Phi) is 6.82. The van der Waals surface area contributed by atoms with Crippen molar-refractivity contribution in [2.45, 2.75) is 41.5 Å². The number of esters is 1. The van der Waals surface area contributed by atoms with E-state index in [1.54, 1.807) is 0 Å². The molecule has 0 aliphatic rings. The van der Waals surface area contributed by atoms with Gasteiger partial charge in [0.25, 0.3) is 0 Å². The molecule has 0 saturated heterocycles. The van der Waals surface area contributed by atoms with E-state index in [1.165, 1.54) is 7.11 Å². The third kappa shape index (κ3) is 11.4. The van der Waals surface area contributed by atoms with Crippen molar-refractivity contribution in [3.8, 4) is 0 Å². The highest BCUT2D eigenvalue weighted by atomic mass is 16.5. The van der Waals surface area contributed by atoms with Gasteiger partial charge in [-0.2, -0.15) is 0 Å². The minimum absolute atomic E-state index is 0.0972. The van der Waals surface area contributed by atoms with Crippen LogP contribution in [0.3, 0.4) is 0 Å². The fourth-order valence-corrected chi connectivity index (χ4v) is 0.306. The Hall–Kier alpha value is -0.570. The van der Waals surface area contributed by atoms with Gasteiger partial charge in [0.1, 0.15) is 0 Å². The molecule has 1 N–H and O–H groups in total. The monoisotopic (exact) mass is 204 g/mol. The van der Waals surface area contributed by atoms with Gasteiger partial charge in [-0.3, -0.25) is 4.79 Å². The first-order valence-corrected chi connectivity index (χ1v) is 4.74. The van der Waals surface area contributed by atoms with Gasteiger partial charge in [-0.25, -0.2) is 0 Å². The van der Waals surface area contributed by atoms with E-state index in [0.717, 1.165) is 0 Å². The number of aliphatic hydroxyl groups is 1. The highest BCUT2D eigenvalue weighted by Crippen LogP contribution is 2.13. The van der Waals surface area contributed by atoms with Crippen molar-refractivity contribution in [2.24, 2.45) is 10.8 Å². The summed E-state index contributed by atoms with van der Waals surface area (Å²) in [6, 6.07) is 0. The average molecular weight is 204 g/mol. The summed E-state index contributed by atoms with van der Waals surface area (Å²) >= 11 is 0. The molecule has 0 aliphatic carbocycles. The van der Waals surface area contributed by atoms with Crippen LogP contribution in [-0.4, -0.2) is 24.8 Å². The maximum atomic E-state index is 10.6. The van der Waals surface area contributed by atoms with Crippen LogP contribution in [0.2, 0.25) is 0 Å². The number of ether oxygens (including phenoxy) is 1. The molecule has 3 nitrogen and oxygen atoms in total. The van der Waals surface area contributed by atoms with E-state index < -0.39 is 0 Å².